The lowest BCUT2D eigenvalue weighted by atomic mass is 10.1. The van der Waals surface area contributed by atoms with Crippen LogP contribution in [0.3, 0.4) is 0 Å². The summed E-state index contributed by atoms with van der Waals surface area (Å²) in [6.07, 6.45) is 5.74. The topological polar surface area (TPSA) is 56.7 Å². The van der Waals surface area contributed by atoms with Crippen molar-refractivity contribution in [3.05, 3.63) is 127 Å². The van der Waals surface area contributed by atoms with Gasteiger partial charge in [-0.1, -0.05) is 110 Å². The summed E-state index contributed by atoms with van der Waals surface area (Å²) < 4.78 is 8.56. The van der Waals surface area contributed by atoms with E-state index in [9.17, 15) is 0 Å². The number of hydrogen-bond donors (Lipinski definition) is 0. The van der Waals surface area contributed by atoms with Gasteiger partial charge in [0.1, 0.15) is 11.3 Å². The first kappa shape index (κ1) is 22.9. The maximum atomic E-state index is 6.45. The predicted octanol–water partition coefficient (Wildman–Crippen LogP) is 8.56. The van der Waals surface area contributed by atoms with Crippen molar-refractivity contribution in [2.45, 2.75) is 6.92 Å². The van der Waals surface area contributed by atoms with Gasteiger partial charge in [0.15, 0.2) is 17.2 Å². The Morgan fingerprint density at radius 3 is 1.97 bits per heavy atom. The Kier molecular flexibility index (Phi) is 5.41. The number of aromatic nitrogens is 4. The van der Waals surface area contributed by atoms with E-state index >= 15 is 0 Å². The number of rotatable bonds is 5. The maximum absolute atomic E-state index is 6.45. The average molecular weight is 505 g/mol. The zero-order valence-electron chi connectivity index (χ0n) is 21.4. The van der Waals surface area contributed by atoms with Gasteiger partial charge in [-0.25, -0.2) is 4.98 Å². The van der Waals surface area contributed by atoms with Gasteiger partial charge in [0.05, 0.1) is 5.52 Å². The molecule has 0 spiro atoms. The third kappa shape index (κ3) is 3.75. The number of hydrogen-bond acceptors (Lipinski definition) is 4. The van der Waals surface area contributed by atoms with Gasteiger partial charge in [-0.2, -0.15) is 9.97 Å². The first-order chi connectivity index (χ1) is 19.2. The fraction of sp³-hybridized carbons (Fsp3) is 0.0294. The van der Waals surface area contributed by atoms with Gasteiger partial charge in [-0.3, -0.25) is 4.57 Å². The van der Waals surface area contributed by atoms with Crippen LogP contribution in [0, 0.1) is 6.92 Å². The molecule has 0 aliphatic rings. The summed E-state index contributed by atoms with van der Waals surface area (Å²) in [6.45, 7) is 5.82. The van der Waals surface area contributed by atoms with Gasteiger partial charge in [0, 0.05) is 32.8 Å². The number of aryl methyl sites for hydroxylation is 1. The van der Waals surface area contributed by atoms with Gasteiger partial charge in [-0.05, 0) is 19.1 Å². The van der Waals surface area contributed by atoms with Crippen LogP contribution in [0.5, 0.6) is 0 Å². The Morgan fingerprint density at radius 1 is 0.692 bits per heavy atom. The van der Waals surface area contributed by atoms with Crippen LogP contribution in [0.4, 0.5) is 0 Å². The van der Waals surface area contributed by atoms with E-state index in [1.807, 2.05) is 85.8 Å². The van der Waals surface area contributed by atoms with E-state index in [1.165, 1.54) is 0 Å². The smallest absolute Gasteiger partial charge is 0.238 e. The predicted molar refractivity (Wildman–Crippen MR) is 159 cm³/mol. The lowest BCUT2D eigenvalue weighted by Crippen LogP contribution is -2.06. The maximum Gasteiger partial charge on any atom is 0.238 e. The van der Waals surface area contributed by atoms with E-state index in [1.54, 1.807) is 6.08 Å². The Labute approximate surface area is 225 Å². The molecule has 0 radical (unpaired) electrons. The van der Waals surface area contributed by atoms with E-state index in [0.29, 0.717) is 17.6 Å². The monoisotopic (exact) mass is 504 g/mol. The lowest BCUT2D eigenvalue weighted by molar-refractivity contribution is 0.579. The SMILES string of the molecule is C=C/C=C\c1c(C)oc2c1ccc1c3ccccc3n(-c3nc(-c4ccccc4)nc(-c4ccccc4)n3)c12. The number of allylic oxidation sites excluding steroid dienone is 2. The number of nitrogens with zero attached hydrogens (tertiary/aromatic N) is 4. The van der Waals surface area contributed by atoms with Crippen LogP contribution >= 0.6 is 0 Å². The Balaban J connectivity index is 1.61. The Morgan fingerprint density at radius 2 is 1.31 bits per heavy atom. The van der Waals surface area contributed by atoms with E-state index in [0.717, 1.165) is 55.2 Å². The lowest BCUT2D eigenvalue weighted by Gasteiger charge is -2.11. The highest BCUT2D eigenvalue weighted by Gasteiger charge is 2.22. The Hall–Kier alpha value is -5.29. The summed E-state index contributed by atoms with van der Waals surface area (Å²) in [5.41, 5.74) is 5.62. The fourth-order valence-corrected chi connectivity index (χ4v) is 5.22. The number of furan rings is 1. The summed E-state index contributed by atoms with van der Waals surface area (Å²) >= 11 is 0. The molecule has 0 atom stereocenters. The highest BCUT2D eigenvalue weighted by atomic mass is 16.3. The van der Waals surface area contributed by atoms with Gasteiger partial charge in [-0.15, -0.1) is 0 Å². The zero-order valence-corrected chi connectivity index (χ0v) is 21.4. The molecule has 0 bridgehead atoms. The van der Waals surface area contributed by atoms with Gasteiger partial charge in [0.2, 0.25) is 5.95 Å². The molecule has 0 fully saturated rings. The molecule has 5 nitrogen and oxygen atoms in total. The van der Waals surface area contributed by atoms with E-state index in [2.05, 4.69) is 41.5 Å². The molecule has 0 unspecified atom stereocenters. The van der Waals surface area contributed by atoms with Crippen molar-refractivity contribution in [1.29, 1.82) is 0 Å². The quantitative estimate of drug-likeness (QED) is 0.220. The average Bonchev–Trinajstić information content (AvgIpc) is 3.50. The van der Waals surface area contributed by atoms with Crippen molar-refractivity contribution < 1.29 is 4.42 Å². The van der Waals surface area contributed by atoms with Crippen LogP contribution in [0.15, 0.2) is 120 Å². The molecule has 4 aromatic carbocycles. The standard InChI is InChI=1S/C34H24N4O/c1-3-4-17-25-22(2)39-31-28(25)21-20-27-26-18-11-12-19-29(26)38(30(27)31)34-36-32(23-13-7-5-8-14-23)35-33(37-34)24-15-9-6-10-16-24/h3-21H,1H2,2H3/b17-4-. The van der Waals surface area contributed by atoms with Crippen LogP contribution < -0.4 is 0 Å². The molecule has 186 valence electrons. The minimum atomic E-state index is 0.540. The summed E-state index contributed by atoms with van der Waals surface area (Å²) in [4.78, 5) is 14.9. The van der Waals surface area contributed by atoms with Crippen LogP contribution in [-0.4, -0.2) is 19.5 Å². The van der Waals surface area contributed by atoms with Crippen molar-refractivity contribution in [2.75, 3.05) is 0 Å². The number of para-hydroxylation sites is 1. The number of fused-ring (bicyclic) bond motifs is 5. The molecule has 0 amide bonds. The van der Waals surface area contributed by atoms with Crippen molar-refractivity contribution in [3.8, 4) is 28.7 Å². The molecule has 0 saturated heterocycles. The van der Waals surface area contributed by atoms with Crippen LogP contribution in [-0.2, 0) is 0 Å². The summed E-state index contributed by atoms with van der Waals surface area (Å²) in [5.74, 6) is 2.61. The first-order valence-electron chi connectivity index (χ1n) is 12.8. The zero-order chi connectivity index (χ0) is 26.3. The fourth-order valence-electron chi connectivity index (χ4n) is 5.22. The van der Waals surface area contributed by atoms with E-state index in [4.69, 9.17) is 19.4 Å². The molecule has 3 heterocycles. The molecule has 7 aromatic rings. The number of benzene rings is 4. The van der Waals surface area contributed by atoms with Crippen LogP contribution in [0.1, 0.15) is 11.3 Å². The molecule has 7 rings (SSSR count). The summed E-state index contributed by atoms with van der Waals surface area (Å²) in [6, 6.07) is 32.7. The molecule has 3 aromatic heterocycles. The molecular formula is C34H24N4O. The third-order valence-corrected chi connectivity index (χ3v) is 7.00. The van der Waals surface area contributed by atoms with E-state index in [-0.39, 0.29) is 0 Å². The first-order valence-corrected chi connectivity index (χ1v) is 12.8. The second-order valence-corrected chi connectivity index (χ2v) is 9.37. The van der Waals surface area contributed by atoms with Crippen molar-refractivity contribution in [3.63, 3.8) is 0 Å². The highest BCUT2D eigenvalue weighted by Crippen LogP contribution is 2.39. The molecule has 0 aliphatic heterocycles. The largest absolute Gasteiger partial charge is 0.458 e. The van der Waals surface area contributed by atoms with Crippen molar-refractivity contribution >= 4 is 38.9 Å². The van der Waals surface area contributed by atoms with Crippen LogP contribution in [0.2, 0.25) is 0 Å². The van der Waals surface area contributed by atoms with Gasteiger partial charge < -0.3 is 4.42 Å². The molecule has 0 aliphatic carbocycles. The highest BCUT2D eigenvalue weighted by molar-refractivity contribution is 6.18. The molecular weight excluding hydrogens is 480 g/mol. The van der Waals surface area contributed by atoms with Crippen molar-refractivity contribution in [1.82, 2.24) is 19.5 Å². The van der Waals surface area contributed by atoms with E-state index < -0.39 is 0 Å². The molecule has 5 heteroatoms. The second kappa shape index (κ2) is 9.23. The van der Waals surface area contributed by atoms with Crippen molar-refractivity contribution in [2.24, 2.45) is 0 Å². The van der Waals surface area contributed by atoms with Crippen LogP contribution in [0.25, 0.3) is 67.6 Å². The molecule has 0 saturated carbocycles. The minimum Gasteiger partial charge on any atom is -0.458 e. The van der Waals surface area contributed by atoms with Gasteiger partial charge >= 0.3 is 0 Å². The molecule has 0 N–H and O–H groups in total. The van der Waals surface area contributed by atoms with Gasteiger partial charge in [0.25, 0.3) is 0 Å². The third-order valence-electron chi connectivity index (χ3n) is 7.00. The summed E-state index contributed by atoms with van der Waals surface area (Å²) in [5, 5.41) is 3.21. The second-order valence-electron chi connectivity index (χ2n) is 9.37. The summed E-state index contributed by atoms with van der Waals surface area (Å²) in [7, 11) is 0. The minimum absolute atomic E-state index is 0.540. The molecule has 39 heavy (non-hydrogen) atoms. The normalized spacial score (nSPS) is 11.7. The Bertz CT molecular complexity index is 1980.